The molecule has 2 heterocycles. The number of urea groups is 2. The number of carbonyl (C=O) groups is 3. The summed E-state index contributed by atoms with van der Waals surface area (Å²) in [4.78, 5) is 44.6. The van der Waals surface area contributed by atoms with Crippen molar-refractivity contribution >= 4 is 18.0 Å². The highest BCUT2D eigenvalue weighted by atomic mass is 16.5. The van der Waals surface area contributed by atoms with Gasteiger partial charge in [-0.1, -0.05) is 23.8 Å². The van der Waals surface area contributed by atoms with Gasteiger partial charge in [0.25, 0.3) is 0 Å². The smallest absolute Gasteiger partial charge is 0.338 e. The Bertz CT molecular complexity index is 992. The molecular weight excluding hydrogens is 446 g/mol. The molecule has 1 aromatic carbocycles. The maximum Gasteiger partial charge on any atom is 0.338 e. The number of nitrogens with zero attached hydrogens (tertiary/aromatic N) is 3. The van der Waals surface area contributed by atoms with Gasteiger partial charge in [0.1, 0.15) is 0 Å². The molecule has 0 aliphatic carbocycles. The van der Waals surface area contributed by atoms with Crippen molar-refractivity contribution in [1.29, 1.82) is 0 Å². The fraction of sp³-hybridized carbons (Fsp3) is 0.577. The number of amides is 4. The van der Waals surface area contributed by atoms with Crippen LogP contribution in [0.4, 0.5) is 9.59 Å². The maximum absolute atomic E-state index is 13.3. The van der Waals surface area contributed by atoms with E-state index in [-0.39, 0.29) is 24.7 Å². The van der Waals surface area contributed by atoms with Gasteiger partial charge < -0.3 is 20.3 Å². The molecule has 0 bridgehead atoms. The van der Waals surface area contributed by atoms with Crippen molar-refractivity contribution in [3.05, 3.63) is 46.2 Å². The minimum Gasteiger partial charge on any atom is -0.463 e. The Hall–Kier alpha value is -3.07. The summed E-state index contributed by atoms with van der Waals surface area (Å²) in [7, 11) is 0. The van der Waals surface area contributed by atoms with Gasteiger partial charge in [0.05, 0.1) is 18.2 Å². The van der Waals surface area contributed by atoms with E-state index in [1.54, 1.807) is 11.8 Å². The van der Waals surface area contributed by atoms with Crippen LogP contribution >= 0.6 is 0 Å². The fourth-order valence-corrected chi connectivity index (χ4v) is 4.90. The van der Waals surface area contributed by atoms with Crippen LogP contribution in [0.2, 0.25) is 0 Å². The average Bonchev–Trinajstić information content (AvgIpc) is 2.80. The summed E-state index contributed by atoms with van der Waals surface area (Å²) < 4.78 is 5.49. The molecule has 9 heteroatoms. The van der Waals surface area contributed by atoms with E-state index in [4.69, 9.17) is 4.74 Å². The summed E-state index contributed by atoms with van der Waals surface area (Å²) in [5.41, 5.74) is 4.08. The summed E-state index contributed by atoms with van der Waals surface area (Å²) in [5.74, 6) is -0.416. The van der Waals surface area contributed by atoms with Gasteiger partial charge in [-0.2, -0.15) is 0 Å². The fourth-order valence-electron chi connectivity index (χ4n) is 4.90. The van der Waals surface area contributed by atoms with E-state index in [2.05, 4.69) is 15.5 Å². The van der Waals surface area contributed by atoms with E-state index < -0.39 is 12.0 Å². The average molecular weight is 486 g/mol. The van der Waals surface area contributed by atoms with Crippen LogP contribution < -0.4 is 10.6 Å². The van der Waals surface area contributed by atoms with Gasteiger partial charge in [-0.05, 0) is 52.7 Å². The van der Waals surface area contributed by atoms with Crippen LogP contribution in [0.1, 0.15) is 50.4 Å². The summed E-state index contributed by atoms with van der Waals surface area (Å²) in [6.07, 6.45) is 0. The van der Waals surface area contributed by atoms with Crippen LogP contribution in [0.5, 0.6) is 0 Å². The molecule has 0 unspecified atom stereocenters. The van der Waals surface area contributed by atoms with E-state index in [0.29, 0.717) is 50.5 Å². The number of aryl methyl sites for hydroxylation is 2. The first-order valence-electron chi connectivity index (χ1n) is 12.5. The number of hydrogen-bond donors (Lipinski definition) is 2. The highest BCUT2D eigenvalue weighted by molar-refractivity contribution is 5.95. The molecule has 192 valence electrons. The van der Waals surface area contributed by atoms with Crippen molar-refractivity contribution in [3.8, 4) is 0 Å². The molecule has 2 atom stereocenters. The van der Waals surface area contributed by atoms with Gasteiger partial charge in [-0.15, -0.1) is 0 Å². The summed E-state index contributed by atoms with van der Waals surface area (Å²) >= 11 is 0. The maximum atomic E-state index is 13.3. The zero-order chi connectivity index (χ0) is 25.7. The second kappa shape index (κ2) is 11.6. The van der Waals surface area contributed by atoms with Crippen molar-refractivity contribution in [3.63, 3.8) is 0 Å². The second-order valence-electron chi connectivity index (χ2n) is 9.18. The van der Waals surface area contributed by atoms with Crippen LogP contribution in [0, 0.1) is 13.8 Å². The van der Waals surface area contributed by atoms with Crippen molar-refractivity contribution < 1.29 is 19.1 Å². The van der Waals surface area contributed by atoms with Crippen LogP contribution in [-0.2, 0) is 9.53 Å². The van der Waals surface area contributed by atoms with Crippen LogP contribution in [0.3, 0.4) is 0 Å². The minimum absolute atomic E-state index is 0.00394. The Morgan fingerprint density at radius 2 is 1.91 bits per heavy atom. The molecule has 2 aliphatic rings. The second-order valence-corrected chi connectivity index (χ2v) is 9.18. The molecule has 0 spiro atoms. The molecule has 2 aliphatic heterocycles. The molecule has 35 heavy (non-hydrogen) atoms. The van der Waals surface area contributed by atoms with Gasteiger partial charge in [0.2, 0.25) is 0 Å². The van der Waals surface area contributed by atoms with Gasteiger partial charge in [-0.3, -0.25) is 9.80 Å². The first-order chi connectivity index (χ1) is 16.7. The normalized spacial score (nSPS) is 21.1. The number of rotatable bonds is 7. The Morgan fingerprint density at radius 3 is 2.54 bits per heavy atom. The molecule has 9 nitrogen and oxygen atoms in total. The molecule has 3 rings (SSSR count). The van der Waals surface area contributed by atoms with Crippen LogP contribution in [0.15, 0.2) is 29.5 Å². The van der Waals surface area contributed by atoms with Crippen molar-refractivity contribution in [2.45, 2.75) is 53.6 Å². The molecule has 0 radical (unpaired) electrons. The Labute approximate surface area is 208 Å². The Balaban J connectivity index is 2.00. The summed E-state index contributed by atoms with van der Waals surface area (Å²) in [6, 6.07) is 5.17. The molecule has 0 saturated carbocycles. The quantitative estimate of drug-likeness (QED) is 0.579. The molecule has 4 amide bonds. The van der Waals surface area contributed by atoms with E-state index in [9.17, 15) is 14.4 Å². The predicted octanol–water partition coefficient (Wildman–Crippen LogP) is 2.94. The zero-order valence-electron chi connectivity index (χ0n) is 21.8. The van der Waals surface area contributed by atoms with E-state index >= 15 is 0 Å². The van der Waals surface area contributed by atoms with Gasteiger partial charge >= 0.3 is 18.0 Å². The third-order valence-electron chi connectivity index (χ3n) is 6.67. The van der Waals surface area contributed by atoms with Crippen molar-refractivity contribution in [2.24, 2.45) is 0 Å². The number of esters is 1. The lowest BCUT2D eigenvalue weighted by Crippen LogP contribution is -2.58. The van der Waals surface area contributed by atoms with Gasteiger partial charge in [-0.25, -0.2) is 14.4 Å². The third-order valence-corrected chi connectivity index (χ3v) is 6.67. The highest BCUT2D eigenvalue weighted by Gasteiger charge is 2.39. The topological polar surface area (TPSA) is 94.2 Å². The van der Waals surface area contributed by atoms with E-state index in [1.165, 1.54) is 0 Å². The Morgan fingerprint density at radius 1 is 1.17 bits per heavy atom. The summed E-state index contributed by atoms with van der Waals surface area (Å²) in [5, 5.41) is 5.92. The van der Waals surface area contributed by atoms with E-state index in [1.807, 2.05) is 57.7 Å². The van der Waals surface area contributed by atoms with Crippen LogP contribution in [0.25, 0.3) is 0 Å². The van der Waals surface area contributed by atoms with Crippen molar-refractivity contribution in [2.75, 3.05) is 45.9 Å². The largest absolute Gasteiger partial charge is 0.463 e. The SMILES string of the molecule is CCNC(=O)N1CCN(CC2=C(C(=O)OCC)[C@@H](c3cc(C)ccc3C)NC(=O)N2CC)C[C@H]1C. The standard InChI is InChI=1S/C26H39N5O4/c1-7-27-25(33)31-13-12-29(15-19(31)6)16-21-22(24(32)35-9-3)23(28-26(34)30(21)8-2)20-14-17(4)10-11-18(20)5/h10-11,14,19,23H,7-9,12-13,15-16H2,1-6H3,(H,27,33)(H,28,34)/t19-,23-/m1/s1. The Kier molecular flexibility index (Phi) is 8.77. The minimum atomic E-state index is -0.590. The van der Waals surface area contributed by atoms with Crippen molar-refractivity contribution in [1.82, 2.24) is 25.3 Å². The lowest BCUT2D eigenvalue weighted by Gasteiger charge is -2.43. The number of carbonyl (C=O) groups excluding carboxylic acids is 3. The monoisotopic (exact) mass is 485 g/mol. The number of benzene rings is 1. The first-order valence-corrected chi connectivity index (χ1v) is 12.5. The summed E-state index contributed by atoms with van der Waals surface area (Å²) in [6.45, 7) is 15.1. The third kappa shape index (κ3) is 5.78. The molecule has 0 aromatic heterocycles. The molecule has 1 fully saturated rings. The highest BCUT2D eigenvalue weighted by Crippen LogP contribution is 2.34. The predicted molar refractivity (Wildman–Crippen MR) is 135 cm³/mol. The number of likely N-dealkylation sites (N-methyl/N-ethyl adjacent to an activating group) is 1. The molecular formula is C26H39N5O4. The lowest BCUT2D eigenvalue weighted by atomic mass is 9.90. The lowest BCUT2D eigenvalue weighted by molar-refractivity contribution is -0.139. The van der Waals surface area contributed by atoms with Gasteiger partial charge in [0.15, 0.2) is 0 Å². The van der Waals surface area contributed by atoms with Gasteiger partial charge in [0, 0.05) is 51.0 Å². The van der Waals surface area contributed by atoms with E-state index in [0.717, 1.165) is 16.7 Å². The molecule has 1 saturated heterocycles. The van der Waals surface area contributed by atoms with Crippen LogP contribution in [-0.4, -0.2) is 84.6 Å². The number of ether oxygens (including phenoxy) is 1. The zero-order valence-corrected chi connectivity index (χ0v) is 21.8. The number of nitrogens with one attached hydrogen (secondary N) is 2. The first kappa shape index (κ1) is 26.5. The molecule has 2 N–H and O–H groups in total. The number of piperazine rings is 1. The number of hydrogen-bond acceptors (Lipinski definition) is 5. The molecule has 1 aromatic rings.